The highest BCUT2D eigenvalue weighted by Gasteiger charge is 2.19. The van der Waals surface area contributed by atoms with Crippen LogP contribution in [0.1, 0.15) is 12.0 Å². The minimum Gasteiger partial charge on any atom is -0.493 e. The molecule has 94 valence electrons. The molecule has 2 rings (SSSR count). The molecule has 0 unspecified atom stereocenters. The molecule has 0 amide bonds. The molecule has 1 aromatic rings. The van der Waals surface area contributed by atoms with E-state index in [4.69, 9.17) is 15.2 Å². The van der Waals surface area contributed by atoms with Gasteiger partial charge in [0.25, 0.3) is 0 Å². The maximum atomic E-state index is 5.89. The Hall–Kier alpha value is -1.26. The molecular weight excluding hydrogens is 216 g/mol. The van der Waals surface area contributed by atoms with Crippen molar-refractivity contribution >= 4 is 0 Å². The Morgan fingerprint density at radius 2 is 2.06 bits per heavy atom. The second kappa shape index (κ2) is 5.38. The summed E-state index contributed by atoms with van der Waals surface area (Å²) in [6, 6.07) is 6.38. The number of hydrogen-bond acceptors (Lipinski definition) is 4. The Bertz CT molecular complexity index is 382. The number of methoxy groups -OCH3 is 2. The summed E-state index contributed by atoms with van der Waals surface area (Å²) in [6.45, 7) is 2.98. The van der Waals surface area contributed by atoms with Crippen molar-refractivity contribution in [3.8, 4) is 11.5 Å². The van der Waals surface area contributed by atoms with Gasteiger partial charge in [0.1, 0.15) is 0 Å². The van der Waals surface area contributed by atoms with E-state index < -0.39 is 0 Å². The third-order valence-electron chi connectivity index (χ3n) is 3.16. The normalized spacial score (nSPS) is 20.5. The van der Waals surface area contributed by atoms with Crippen LogP contribution >= 0.6 is 0 Å². The average molecular weight is 236 g/mol. The second-order valence-electron chi connectivity index (χ2n) is 4.47. The number of hydrogen-bond donors (Lipinski definition) is 1. The molecular formula is C13H20N2O2. The molecule has 0 aromatic heterocycles. The highest BCUT2D eigenvalue weighted by molar-refractivity contribution is 5.42. The number of likely N-dealkylation sites (tertiary alicyclic amines) is 1. The first-order chi connectivity index (χ1) is 8.22. The first-order valence-corrected chi connectivity index (χ1v) is 5.91. The lowest BCUT2D eigenvalue weighted by atomic mass is 10.2. The third kappa shape index (κ3) is 2.90. The summed E-state index contributed by atoms with van der Waals surface area (Å²) in [4.78, 5) is 2.37. The van der Waals surface area contributed by atoms with E-state index in [-0.39, 0.29) is 0 Å². The van der Waals surface area contributed by atoms with Gasteiger partial charge in [0.15, 0.2) is 11.5 Å². The summed E-state index contributed by atoms with van der Waals surface area (Å²) < 4.78 is 10.5. The van der Waals surface area contributed by atoms with Crippen LogP contribution in [0.15, 0.2) is 18.2 Å². The molecule has 4 nitrogen and oxygen atoms in total. The van der Waals surface area contributed by atoms with Crippen molar-refractivity contribution in [1.29, 1.82) is 0 Å². The number of ether oxygens (including phenoxy) is 2. The summed E-state index contributed by atoms with van der Waals surface area (Å²) in [7, 11) is 3.31. The Kier molecular flexibility index (Phi) is 3.86. The molecule has 1 aliphatic rings. The van der Waals surface area contributed by atoms with Gasteiger partial charge in [-0.15, -0.1) is 0 Å². The zero-order chi connectivity index (χ0) is 12.3. The van der Waals surface area contributed by atoms with E-state index in [1.54, 1.807) is 14.2 Å². The van der Waals surface area contributed by atoms with Crippen LogP contribution in [0.2, 0.25) is 0 Å². The van der Waals surface area contributed by atoms with E-state index in [2.05, 4.69) is 11.0 Å². The van der Waals surface area contributed by atoms with Crippen molar-refractivity contribution in [2.75, 3.05) is 27.3 Å². The predicted octanol–water partition coefficient (Wildman–Crippen LogP) is 1.24. The fourth-order valence-corrected chi connectivity index (χ4v) is 2.24. The average Bonchev–Trinajstić information content (AvgIpc) is 2.74. The molecule has 1 atom stereocenters. The van der Waals surface area contributed by atoms with Gasteiger partial charge in [0, 0.05) is 25.7 Å². The topological polar surface area (TPSA) is 47.7 Å². The largest absolute Gasteiger partial charge is 0.493 e. The Morgan fingerprint density at radius 3 is 2.65 bits per heavy atom. The van der Waals surface area contributed by atoms with Crippen molar-refractivity contribution in [1.82, 2.24) is 4.90 Å². The smallest absolute Gasteiger partial charge is 0.161 e. The summed E-state index contributed by atoms with van der Waals surface area (Å²) in [5, 5.41) is 0. The van der Waals surface area contributed by atoms with Gasteiger partial charge < -0.3 is 15.2 Å². The SMILES string of the molecule is COc1ccc(CN2CC[C@@H](N)C2)cc1OC. The van der Waals surface area contributed by atoms with E-state index >= 15 is 0 Å². The van der Waals surface area contributed by atoms with E-state index in [9.17, 15) is 0 Å². The van der Waals surface area contributed by atoms with Crippen LogP contribution in [0, 0.1) is 0 Å². The summed E-state index contributed by atoms with van der Waals surface area (Å²) >= 11 is 0. The maximum Gasteiger partial charge on any atom is 0.161 e. The van der Waals surface area contributed by atoms with E-state index in [0.717, 1.165) is 37.6 Å². The first-order valence-electron chi connectivity index (χ1n) is 5.91. The lowest BCUT2D eigenvalue weighted by Gasteiger charge is -2.16. The zero-order valence-corrected chi connectivity index (χ0v) is 10.5. The standard InChI is InChI=1S/C13H20N2O2/c1-16-12-4-3-10(7-13(12)17-2)8-15-6-5-11(14)9-15/h3-4,7,11H,5-6,8-9,14H2,1-2H3/t11-/m1/s1. The summed E-state index contributed by atoms with van der Waals surface area (Å²) in [6.07, 6.45) is 1.09. The second-order valence-corrected chi connectivity index (χ2v) is 4.47. The highest BCUT2D eigenvalue weighted by atomic mass is 16.5. The Balaban J connectivity index is 2.06. The quantitative estimate of drug-likeness (QED) is 0.854. The van der Waals surface area contributed by atoms with Gasteiger partial charge in [-0.25, -0.2) is 0 Å². The van der Waals surface area contributed by atoms with Crippen molar-refractivity contribution in [3.05, 3.63) is 23.8 Å². The van der Waals surface area contributed by atoms with Crippen LogP contribution in [0.3, 0.4) is 0 Å². The maximum absolute atomic E-state index is 5.89. The number of rotatable bonds is 4. The van der Waals surface area contributed by atoms with Crippen molar-refractivity contribution in [2.24, 2.45) is 5.73 Å². The molecule has 0 radical (unpaired) electrons. The van der Waals surface area contributed by atoms with Crippen LogP contribution in [0.4, 0.5) is 0 Å². The minimum atomic E-state index is 0.329. The lowest BCUT2D eigenvalue weighted by molar-refractivity contribution is 0.323. The van der Waals surface area contributed by atoms with Crippen molar-refractivity contribution < 1.29 is 9.47 Å². The molecule has 2 N–H and O–H groups in total. The highest BCUT2D eigenvalue weighted by Crippen LogP contribution is 2.28. The number of benzene rings is 1. The van der Waals surface area contributed by atoms with Gasteiger partial charge in [-0.3, -0.25) is 4.90 Å². The number of nitrogens with two attached hydrogens (primary N) is 1. The molecule has 1 aliphatic heterocycles. The van der Waals surface area contributed by atoms with Gasteiger partial charge in [-0.2, -0.15) is 0 Å². The first kappa shape index (κ1) is 12.2. The molecule has 17 heavy (non-hydrogen) atoms. The van der Waals surface area contributed by atoms with Crippen LogP contribution in [-0.2, 0) is 6.54 Å². The number of nitrogens with zero attached hydrogens (tertiary/aromatic N) is 1. The van der Waals surface area contributed by atoms with Crippen LogP contribution in [-0.4, -0.2) is 38.3 Å². The molecule has 0 spiro atoms. The zero-order valence-electron chi connectivity index (χ0n) is 10.5. The van der Waals surface area contributed by atoms with Crippen LogP contribution in [0.25, 0.3) is 0 Å². The lowest BCUT2D eigenvalue weighted by Crippen LogP contribution is -2.26. The third-order valence-corrected chi connectivity index (χ3v) is 3.16. The van der Waals surface area contributed by atoms with E-state index in [1.807, 2.05) is 12.1 Å². The van der Waals surface area contributed by atoms with E-state index in [0.29, 0.717) is 6.04 Å². The van der Waals surface area contributed by atoms with Gasteiger partial charge in [0.05, 0.1) is 14.2 Å². The Labute approximate surface area is 102 Å². The van der Waals surface area contributed by atoms with E-state index in [1.165, 1.54) is 5.56 Å². The minimum absolute atomic E-state index is 0.329. The van der Waals surface area contributed by atoms with Gasteiger partial charge in [-0.05, 0) is 24.1 Å². The fourth-order valence-electron chi connectivity index (χ4n) is 2.24. The molecule has 0 saturated carbocycles. The molecule has 0 bridgehead atoms. The van der Waals surface area contributed by atoms with Gasteiger partial charge in [-0.1, -0.05) is 6.07 Å². The molecule has 0 aliphatic carbocycles. The van der Waals surface area contributed by atoms with Crippen LogP contribution < -0.4 is 15.2 Å². The molecule has 1 fully saturated rings. The molecule has 1 heterocycles. The van der Waals surface area contributed by atoms with Crippen molar-refractivity contribution in [3.63, 3.8) is 0 Å². The van der Waals surface area contributed by atoms with Gasteiger partial charge in [0.2, 0.25) is 0 Å². The van der Waals surface area contributed by atoms with Crippen molar-refractivity contribution in [2.45, 2.75) is 19.0 Å². The molecule has 4 heteroatoms. The summed E-state index contributed by atoms with van der Waals surface area (Å²) in [5.74, 6) is 1.56. The fraction of sp³-hybridized carbons (Fsp3) is 0.538. The van der Waals surface area contributed by atoms with Crippen LogP contribution in [0.5, 0.6) is 11.5 Å². The molecule has 1 aromatic carbocycles. The monoisotopic (exact) mass is 236 g/mol. The summed E-state index contributed by atoms with van der Waals surface area (Å²) in [5.41, 5.74) is 7.13. The predicted molar refractivity (Wildman–Crippen MR) is 67.4 cm³/mol. The molecule has 1 saturated heterocycles. The van der Waals surface area contributed by atoms with Gasteiger partial charge >= 0.3 is 0 Å². The Morgan fingerprint density at radius 1 is 1.29 bits per heavy atom.